The molecule has 3 rings (SSSR count). The first-order valence-corrected chi connectivity index (χ1v) is 11.6. The first-order chi connectivity index (χ1) is 16.2. The Morgan fingerprint density at radius 2 is 1.76 bits per heavy atom. The molecule has 0 saturated carbocycles. The van der Waals surface area contributed by atoms with Crippen LogP contribution < -0.4 is 4.74 Å². The van der Waals surface area contributed by atoms with Gasteiger partial charge in [0.1, 0.15) is 41.5 Å². The Bertz CT molecular complexity index is 854. The molecule has 0 spiro atoms. The number of aliphatic hydroxyl groups excluding tert-OH is 5. The number of aliphatic hydroxyl groups is 5. The van der Waals surface area contributed by atoms with E-state index in [-0.39, 0.29) is 11.3 Å². The number of phenolic OH excluding ortho intramolecular Hbond substituents is 1. The molecule has 0 radical (unpaired) electrons. The second-order valence-corrected chi connectivity index (χ2v) is 8.86. The number of aromatic hydroxyl groups is 1. The van der Waals surface area contributed by atoms with E-state index in [9.17, 15) is 35.4 Å². The molecule has 0 amide bonds. The molecule has 2 aliphatic heterocycles. The Balaban J connectivity index is 1.88. The van der Waals surface area contributed by atoms with Crippen LogP contribution in [-0.4, -0.2) is 86.1 Å². The molecule has 2 heterocycles. The van der Waals surface area contributed by atoms with Gasteiger partial charge in [0.05, 0.1) is 18.8 Å². The molecule has 34 heavy (non-hydrogen) atoms. The number of ether oxygens (including phenoxy) is 3. The molecule has 2 aliphatic rings. The van der Waals surface area contributed by atoms with Crippen molar-refractivity contribution in [1.82, 2.24) is 0 Å². The van der Waals surface area contributed by atoms with Crippen molar-refractivity contribution in [2.75, 3.05) is 6.61 Å². The molecule has 1 saturated heterocycles. The summed E-state index contributed by atoms with van der Waals surface area (Å²) >= 11 is 0. The summed E-state index contributed by atoms with van der Waals surface area (Å²) in [5.74, 6) is -1.08. The highest BCUT2D eigenvalue weighted by Gasteiger charge is 2.44. The fourth-order valence-electron chi connectivity index (χ4n) is 4.11. The van der Waals surface area contributed by atoms with Gasteiger partial charge in [-0.15, -0.1) is 0 Å². The predicted molar refractivity (Wildman–Crippen MR) is 120 cm³/mol. The SMILES string of the molecule is C[C@H]1CCC[C@H](O)CCC/C=C/c2cc(O[C@@H]3O[C@H](CO)[C@@H](O)[C@H](O)[C@H]3O)cc(O)c2C(=O)O1. The molecular weight excluding hydrogens is 448 g/mol. The largest absolute Gasteiger partial charge is 0.507 e. The van der Waals surface area contributed by atoms with Gasteiger partial charge >= 0.3 is 5.97 Å². The lowest BCUT2D eigenvalue weighted by Crippen LogP contribution is -2.60. The number of cyclic esters (lactones) is 1. The highest BCUT2D eigenvalue weighted by molar-refractivity contribution is 5.97. The van der Waals surface area contributed by atoms with Crippen molar-refractivity contribution in [3.8, 4) is 11.5 Å². The fourth-order valence-corrected chi connectivity index (χ4v) is 4.11. The van der Waals surface area contributed by atoms with Crippen LogP contribution >= 0.6 is 0 Å². The van der Waals surface area contributed by atoms with Crippen LogP contribution in [0.2, 0.25) is 0 Å². The van der Waals surface area contributed by atoms with Crippen molar-refractivity contribution in [3.05, 3.63) is 29.3 Å². The second kappa shape index (κ2) is 12.0. The summed E-state index contributed by atoms with van der Waals surface area (Å²) in [5, 5.41) is 60.2. The molecule has 7 atom stereocenters. The van der Waals surface area contributed by atoms with E-state index in [0.29, 0.717) is 37.7 Å². The number of benzene rings is 1. The summed E-state index contributed by atoms with van der Waals surface area (Å²) in [6.45, 7) is 1.14. The van der Waals surface area contributed by atoms with Crippen LogP contribution in [0.4, 0.5) is 0 Å². The van der Waals surface area contributed by atoms with Crippen LogP contribution in [0.1, 0.15) is 61.4 Å². The number of carbonyl (C=O) groups is 1. The third kappa shape index (κ3) is 6.47. The Morgan fingerprint density at radius 1 is 1.03 bits per heavy atom. The number of allylic oxidation sites excluding steroid dienone is 1. The highest BCUT2D eigenvalue weighted by atomic mass is 16.7. The van der Waals surface area contributed by atoms with E-state index in [1.54, 1.807) is 13.0 Å². The van der Waals surface area contributed by atoms with E-state index in [1.807, 2.05) is 6.08 Å². The third-order valence-electron chi connectivity index (χ3n) is 6.09. The summed E-state index contributed by atoms with van der Waals surface area (Å²) in [7, 11) is 0. The van der Waals surface area contributed by atoms with Crippen molar-refractivity contribution < 1.29 is 49.6 Å². The van der Waals surface area contributed by atoms with Crippen molar-refractivity contribution in [2.24, 2.45) is 0 Å². The molecule has 6 N–H and O–H groups in total. The van der Waals surface area contributed by atoms with Crippen LogP contribution in [-0.2, 0) is 9.47 Å². The maximum Gasteiger partial charge on any atom is 0.342 e. The Labute approximate surface area is 198 Å². The lowest BCUT2D eigenvalue weighted by atomic mass is 9.99. The monoisotopic (exact) mass is 482 g/mol. The molecule has 0 bridgehead atoms. The average molecular weight is 483 g/mol. The van der Waals surface area contributed by atoms with E-state index in [0.717, 1.165) is 6.42 Å². The number of esters is 1. The molecule has 1 aromatic rings. The minimum atomic E-state index is -1.62. The summed E-state index contributed by atoms with van der Waals surface area (Å²) in [5.41, 5.74) is 0.274. The van der Waals surface area contributed by atoms with Crippen molar-refractivity contribution >= 4 is 12.0 Å². The van der Waals surface area contributed by atoms with E-state index < -0.39 is 61.2 Å². The molecule has 10 heteroatoms. The van der Waals surface area contributed by atoms with E-state index in [1.165, 1.54) is 12.1 Å². The molecule has 10 nitrogen and oxygen atoms in total. The lowest BCUT2D eigenvalue weighted by Gasteiger charge is -2.39. The van der Waals surface area contributed by atoms with Gasteiger partial charge in [0.2, 0.25) is 6.29 Å². The summed E-state index contributed by atoms with van der Waals surface area (Å²) in [4.78, 5) is 12.8. The topological polar surface area (TPSA) is 166 Å². The second-order valence-electron chi connectivity index (χ2n) is 8.86. The van der Waals surface area contributed by atoms with Gasteiger partial charge in [-0.1, -0.05) is 12.2 Å². The maximum atomic E-state index is 12.8. The van der Waals surface area contributed by atoms with Crippen LogP contribution in [0.3, 0.4) is 0 Å². The Morgan fingerprint density at radius 3 is 2.50 bits per heavy atom. The smallest absolute Gasteiger partial charge is 0.342 e. The zero-order chi connectivity index (χ0) is 24.8. The zero-order valence-electron chi connectivity index (χ0n) is 19.1. The van der Waals surface area contributed by atoms with E-state index in [2.05, 4.69) is 0 Å². The number of rotatable bonds is 3. The van der Waals surface area contributed by atoms with E-state index in [4.69, 9.17) is 14.2 Å². The normalized spacial score (nSPS) is 34.4. The van der Waals surface area contributed by atoms with Crippen molar-refractivity contribution in [1.29, 1.82) is 0 Å². The summed E-state index contributed by atoms with van der Waals surface area (Å²) in [6, 6.07) is 2.62. The zero-order valence-corrected chi connectivity index (χ0v) is 19.1. The molecule has 0 unspecified atom stereocenters. The van der Waals surface area contributed by atoms with Crippen LogP contribution in [0.15, 0.2) is 18.2 Å². The minimum Gasteiger partial charge on any atom is -0.507 e. The molecule has 0 aliphatic carbocycles. The van der Waals surface area contributed by atoms with Gasteiger partial charge in [-0.25, -0.2) is 4.79 Å². The van der Waals surface area contributed by atoms with Crippen LogP contribution in [0, 0.1) is 0 Å². The number of hydrogen-bond donors (Lipinski definition) is 6. The molecule has 1 fully saturated rings. The van der Waals surface area contributed by atoms with Gasteiger partial charge in [-0.2, -0.15) is 0 Å². The molecular formula is C24H34O10. The van der Waals surface area contributed by atoms with E-state index >= 15 is 0 Å². The van der Waals surface area contributed by atoms with Gasteiger partial charge in [0.15, 0.2) is 0 Å². The Hall–Kier alpha value is -2.21. The maximum absolute atomic E-state index is 12.8. The standard InChI is InChI=1S/C24H34O10/c1-13-6-5-9-15(26)8-4-2-3-7-14-10-16(11-17(27)19(14)23(31)32-13)33-24-22(30)21(29)20(28)18(12-25)34-24/h3,7,10-11,13,15,18,20-22,24-30H,2,4-6,8-9,12H2,1H3/b7-3+/t13-,15+,18+,20+,21-,22+,24+/m0/s1. The van der Waals surface area contributed by atoms with Crippen molar-refractivity contribution in [3.63, 3.8) is 0 Å². The number of carbonyl (C=O) groups excluding carboxylic acids is 1. The summed E-state index contributed by atoms with van der Waals surface area (Å²) in [6.07, 6.45) is -0.786. The van der Waals surface area contributed by atoms with Gasteiger partial charge in [-0.05, 0) is 57.1 Å². The molecule has 0 aromatic heterocycles. The van der Waals surface area contributed by atoms with Gasteiger partial charge < -0.3 is 44.8 Å². The van der Waals surface area contributed by atoms with Crippen LogP contribution in [0.5, 0.6) is 11.5 Å². The minimum absolute atomic E-state index is 0.0302. The quantitative estimate of drug-likeness (QED) is 0.340. The van der Waals surface area contributed by atoms with Gasteiger partial charge in [-0.3, -0.25) is 0 Å². The van der Waals surface area contributed by atoms with Gasteiger partial charge in [0, 0.05) is 6.07 Å². The first kappa shape index (κ1) is 26.4. The number of fused-ring (bicyclic) bond motifs is 1. The fraction of sp³-hybridized carbons (Fsp3) is 0.625. The predicted octanol–water partition coefficient (Wildman–Crippen LogP) is 0.844. The molecule has 1 aromatic carbocycles. The number of phenols is 1. The highest BCUT2D eigenvalue weighted by Crippen LogP contribution is 2.33. The number of hydrogen-bond acceptors (Lipinski definition) is 10. The first-order valence-electron chi connectivity index (χ1n) is 11.6. The Kier molecular flexibility index (Phi) is 9.29. The lowest BCUT2D eigenvalue weighted by molar-refractivity contribution is -0.277. The van der Waals surface area contributed by atoms with Crippen LogP contribution in [0.25, 0.3) is 6.08 Å². The third-order valence-corrected chi connectivity index (χ3v) is 6.09. The van der Waals surface area contributed by atoms with Gasteiger partial charge in [0.25, 0.3) is 0 Å². The molecule has 190 valence electrons. The summed E-state index contributed by atoms with van der Waals surface area (Å²) < 4.78 is 16.5. The average Bonchev–Trinajstić information content (AvgIpc) is 2.78. The van der Waals surface area contributed by atoms with Crippen molar-refractivity contribution in [2.45, 2.75) is 88.4 Å².